The molecule has 5 atom stereocenters. The number of carbonyl (C=O) groups is 2. The number of ether oxygens (including phenoxy) is 3. The number of hydrogen-bond donors (Lipinski definition) is 2. The Morgan fingerprint density at radius 2 is 1.46 bits per heavy atom. The number of esters is 2. The van der Waals surface area contributed by atoms with Crippen molar-refractivity contribution in [1.29, 1.82) is 0 Å². The van der Waals surface area contributed by atoms with Crippen molar-refractivity contribution in [3.05, 3.63) is 22.7 Å². The second-order valence-electron chi connectivity index (χ2n) is 11.5. The number of unbranched alkanes of at least 4 members (excludes halogenated alkanes) is 13. The smallest absolute Gasteiger partial charge is 0.453 e. The summed E-state index contributed by atoms with van der Waals surface area (Å²) in [5.74, 6) is -0.180. The summed E-state index contributed by atoms with van der Waals surface area (Å²) in [5.41, 5.74) is 0.857. The van der Waals surface area contributed by atoms with Gasteiger partial charge in [0, 0.05) is 38.7 Å². The summed E-state index contributed by atoms with van der Waals surface area (Å²) in [6.45, 7) is 4.52. The minimum Gasteiger partial charge on any atom is -0.453 e. The van der Waals surface area contributed by atoms with Crippen LogP contribution in [0.5, 0.6) is 0 Å². The molecule has 276 valence electrons. The minimum atomic E-state index is -4.25. The van der Waals surface area contributed by atoms with E-state index < -0.39 is 50.2 Å². The summed E-state index contributed by atoms with van der Waals surface area (Å²) in [4.78, 5) is 40.1. The maximum absolute atomic E-state index is 13.3. The first-order valence-corrected chi connectivity index (χ1v) is 20.8. The average molecular weight is 740 g/mol. The van der Waals surface area contributed by atoms with Crippen LogP contribution in [0.3, 0.4) is 0 Å². The molecule has 1 aromatic heterocycles. The van der Waals surface area contributed by atoms with Gasteiger partial charge < -0.3 is 14.2 Å². The van der Waals surface area contributed by atoms with Gasteiger partial charge >= 0.3 is 25.5 Å². The zero-order valence-corrected chi connectivity index (χ0v) is 31.2. The van der Waals surface area contributed by atoms with E-state index in [-0.39, 0.29) is 12.4 Å². The van der Waals surface area contributed by atoms with Crippen LogP contribution in [0.2, 0.25) is 0 Å². The Bertz CT molecular complexity index is 1180. The van der Waals surface area contributed by atoms with Crippen LogP contribution in [0.15, 0.2) is 17.1 Å². The Hall–Kier alpha value is -1.65. The summed E-state index contributed by atoms with van der Waals surface area (Å²) in [7, 11) is 0.182. The van der Waals surface area contributed by atoms with Crippen molar-refractivity contribution in [1.82, 2.24) is 9.55 Å². The largest absolute Gasteiger partial charge is 0.477 e. The van der Waals surface area contributed by atoms with Gasteiger partial charge in [0.15, 0.2) is 24.3 Å². The van der Waals surface area contributed by atoms with E-state index in [4.69, 9.17) is 33.0 Å². The average Bonchev–Trinajstić information content (AvgIpc) is 3.35. The predicted molar refractivity (Wildman–Crippen MR) is 186 cm³/mol. The highest BCUT2D eigenvalue weighted by Crippen LogP contribution is 2.52. The molecule has 1 aromatic rings. The van der Waals surface area contributed by atoms with Crippen LogP contribution in [0.1, 0.15) is 117 Å². The van der Waals surface area contributed by atoms with Crippen molar-refractivity contribution >= 4 is 47.2 Å². The third kappa shape index (κ3) is 16.4. The van der Waals surface area contributed by atoms with Gasteiger partial charge in [-0.1, -0.05) is 112 Å². The van der Waals surface area contributed by atoms with E-state index in [0.717, 1.165) is 37.7 Å². The molecule has 0 radical (unpaired) electrons. The highest BCUT2D eigenvalue weighted by atomic mass is 33.1. The topological polar surface area (TPSA) is 174 Å². The molecular formula is C31H54N3O11PS2. The molecule has 0 bridgehead atoms. The maximum Gasteiger partial charge on any atom is 0.477 e. The summed E-state index contributed by atoms with van der Waals surface area (Å²) in [5, 5.41) is 9.05. The fourth-order valence-corrected chi connectivity index (χ4v) is 8.22. The number of hydrogen-bond acceptors (Lipinski definition) is 15. The monoisotopic (exact) mass is 739 g/mol. The van der Waals surface area contributed by atoms with Crippen LogP contribution in [0, 0.1) is 0 Å². The van der Waals surface area contributed by atoms with Crippen LogP contribution in [0.25, 0.3) is 0 Å². The first-order valence-electron chi connectivity index (χ1n) is 16.9. The van der Waals surface area contributed by atoms with Gasteiger partial charge in [-0.15, -0.1) is 0 Å². The number of phosphoric ester groups is 1. The molecule has 0 aliphatic carbocycles. The molecule has 2 heterocycles. The van der Waals surface area contributed by atoms with E-state index in [1.165, 1.54) is 95.7 Å². The van der Waals surface area contributed by atoms with Crippen LogP contribution in [0.4, 0.5) is 5.82 Å². The highest BCUT2D eigenvalue weighted by Gasteiger charge is 2.54. The lowest BCUT2D eigenvalue weighted by Gasteiger charge is -2.24. The Balaban J connectivity index is 1.73. The van der Waals surface area contributed by atoms with Crippen LogP contribution in [-0.2, 0) is 41.9 Å². The number of aromatic nitrogens is 2. The molecular weight excluding hydrogens is 685 g/mol. The number of carbonyl (C=O) groups excluding carboxylic acids is 2. The SMILES string of the molecule is CCCCCCCCCCCCCCCCSSCCOP(=O)(OC)OC1OC(n2ccc(NO)nc2=O)[C@H](OC(C)=O)[C@H]1OC(C)=O. The van der Waals surface area contributed by atoms with E-state index in [2.05, 4.69) is 11.9 Å². The molecule has 0 spiro atoms. The molecule has 1 saturated heterocycles. The second kappa shape index (κ2) is 24.5. The first-order chi connectivity index (χ1) is 23.1. The molecule has 0 amide bonds. The second-order valence-corrected chi connectivity index (χ2v) is 15.9. The lowest BCUT2D eigenvalue weighted by Crippen LogP contribution is -2.41. The van der Waals surface area contributed by atoms with Gasteiger partial charge in [-0.3, -0.25) is 38.4 Å². The van der Waals surface area contributed by atoms with E-state index in [9.17, 15) is 18.9 Å². The fraction of sp³-hybridized carbons (Fsp3) is 0.806. The van der Waals surface area contributed by atoms with Crippen molar-refractivity contribution < 1.29 is 47.1 Å². The van der Waals surface area contributed by atoms with Gasteiger partial charge in [0.25, 0.3) is 0 Å². The molecule has 1 fully saturated rings. The molecule has 1 aliphatic heterocycles. The van der Waals surface area contributed by atoms with Gasteiger partial charge in [-0.05, 0) is 12.5 Å². The molecule has 2 N–H and O–H groups in total. The number of nitrogens with zero attached hydrogens (tertiary/aromatic N) is 2. The van der Waals surface area contributed by atoms with Crippen molar-refractivity contribution in [2.24, 2.45) is 0 Å². The highest BCUT2D eigenvalue weighted by molar-refractivity contribution is 8.76. The van der Waals surface area contributed by atoms with E-state index >= 15 is 0 Å². The van der Waals surface area contributed by atoms with Crippen molar-refractivity contribution in [3.63, 3.8) is 0 Å². The van der Waals surface area contributed by atoms with Crippen LogP contribution >= 0.6 is 29.4 Å². The van der Waals surface area contributed by atoms with Crippen LogP contribution < -0.4 is 11.2 Å². The minimum absolute atomic E-state index is 0.0300. The summed E-state index contributed by atoms with van der Waals surface area (Å²) < 4.78 is 46.8. The number of nitrogens with one attached hydrogen (secondary N) is 1. The molecule has 1 aliphatic rings. The quantitative estimate of drug-likeness (QED) is 0.0300. The first kappa shape index (κ1) is 42.5. The standard InChI is InChI=1S/C31H54N3O11PS2/c1-5-6-7-8-9-10-11-12-13-14-15-16-17-18-22-47-48-23-21-41-46(39,40-4)45-30-28(43-25(3)36)27(42-24(2)35)29(44-30)34-20-19-26(33-38)32-31(34)37/h19-20,27-30,38H,5-18,21-23H2,1-4H3,(H,32,33,37)/t27-,28-,29?,30?,46?/m1/s1. The lowest BCUT2D eigenvalue weighted by molar-refractivity contribution is -0.173. The number of phosphoric acid groups is 1. The molecule has 3 unspecified atom stereocenters. The predicted octanol–water partition coefficient (Wildman–Crippen LogP) is 7.41. The third-order valence-electron chi connectivity index (χ3n) is 7.51. The Morgan fingerprint density at radius 1 is 0.917 bits per heavy atom. The maximum atomic E-state index is 13.3. The zero-order valence-electron chi connectivity index (χ0n) is 28.7. The van der Waals surface area contributed by atoms with E-state index in [0.29, 0.717) is 5.75 Å². The molecule has 48 heavy (non-hydrogen) atoms. The van der Waals surface area contributed by atoms with Crippen LogP contribution in [-0.4, -0.2) is 70.4 Å². The summed E-state index contributed by atoms with van der Waals surface area (Å²) in [6.07, 6.45) is 13.9. The third-order valence-corrected chi connectivity index (χ3v) is 11.4. The zero-order chi connectivity index (χ0) is 35.2. The Morgan fingerprint density at radius 3 is 1.98 bits per heavy atom. The number of anilines is 1. The fourth-order valence-electron chi connectivity index (χ4n) is 5.13. The van der Waals surface area contributed by atoms with Gasteiger partial charge in [0.05, 0.1) is 6.61 Å². The van der Waals surface area contributed by atoms with Gasteiger partial charge in [-0.25, -0.2) is 9.36 Å². The van der Waals surface area contributed by atoms with E-state index in [1.807, 2.05) is 0 Å². The number of rotatable bonds is 27. The Labute approximate surface area is 292 Å². The molecule has 0 saturated carbocycles. The normalized spacial score (nSPS) is 20.4. The van der Waals surface area contributed by atoms with Crippen molar-refractivity contribution in [3.8, 4) is 0 Å². The summed E-state index contributed by atoms with van der Waals surface area (Å²) in [6, 6.07) is 1.25. The molecule has 17 heteroatoms. The Kier molecular flexibility index (Phi) is 21.7. The molecule has 2 rings (SSSR count). The van der Waals surface area contributed by atoms with E-state index in [1.54, 1.807) is 27.1 Å². The lowest BCUT2D eigenvalue weighted by atomic mass is 10.0. The molecule has 14 nitrogen and oxygen atoms in total. The van der Waals surface area contributed by atoms with Crippen molar-refractivity contribution in [2.75, 3.05) is 30.7 Å². The van der Waals surface area contributed by atoms with Gasteiger partial charge in [0.1, 0.15) is 0 Å². The van der Waals surface area contributed by atoms with Crippen molar-refractivity contribution in [2.45, 2.75) is 135 Å². The van der Waals surface area contributed by atoms with Gasteiger partial charge in [0.2, 0.25) is 6.29 Å². The summed E-state index contributed by atoms with van der Waals surface area (Å²) >= 11 is 0. The molecule has 0 aromatic carbocycles. The van der Waals surface area contributed by atoms with Gasteiger partial charge in [-0.2, -0.15) is 4.98 Å².